The summed E-state index contributed by atoms with van der Waals surface area (Å²) in [6.45, 7) is 3.97. The van der Waals surface area contributed by atoms with Crippen molar-refractivity contribution in [3.8, 4) is 5.75 Å². The minimum absolute atomic E-state index is 0.0968. The first-order valence-corrected chi connectivity index (χ1v) is 10.1. The van der Waals surface area contributed by atoms with Crippen LogP contribution in [0, 0.1) is 6.92 Å². The van der Waals surface area contributed by atoms with Gasteiger partial charge in [-0.15, -0.1) is 0 Å². The van der Waals surface area contributed by atoms with E-state index in [1.165, 1.54) is 0 Å². The Hall–Kier alpha value is -1.66. The van der Waals surface area contributed by atoms with Gasteiger partial charge in [0.1, 0.15) is 5.75 Å². The van der Waals surface area contributed by atoms with Gasteiger partial charge in [-0.2, -0.15) is 5.10 Å². The number of aryl methyl sites for hydroxylation is 1. The Labute approximate surface area is 171 Å². The molecule has 2 aromatic carbocycles. The number of halogens is 2. The van der Waals surface area contributed by atoms with Crippen LogP contribution in [-0.4, -0.2) is 18.2 Å². The number of nitrogens with zero attached hydrogens (tertiary/aromatic N) is 1. The van der Waals surface area contributed by atoms with Crippen LogP contribution in [0.25, 0.3) is 0 Å². The maximum Gasteiger partial charge on any atom is 0.277 e. The van der Waals surface area contributed by atoms with Crippen molar-refractivity contribution in [2.45, 2.75) is 33.1 Å². The predicted octanol–water partition coefficient (Wildman–Crippen LogP) is 5.61. The molecule has 0 aliphatic carbocycles. The number of benzene rings is 2. The summed E-state index contributed by atoms with van der Waals surface area (Å²) in [5.74, 6) is 0.366. The Bertz CT molecular complexity index is 754. The van der Waals surface area contributed by atoms with Gasteiger partial charge in [0.15, 0.2) is 6.61 Å². The molecule has 1 N–H and O–H groups in total. The van der Waals surface area contributed by atoms with Crippen LogP contribution < -0.4 is 10.2 Å². The average molecular weight is 482 g/mol. The minimum Gasteiger partial charge on any atom is -0.482 e. The van der Waals surface area contributed by atoms with E-state index in [0.717, 1.165) is 45.0 Å². The Kier molecular flexibility index (Phi) is 8.32. The third kappa shape index (κ3) is 6.25. The second kappa shape index (κ2) is 10.5. The monoisotopic (exact) mass is 480 g/mol. The lowest BCUT2D eigenvalue weighted by Crippen LogP contribution is -2.26. The molecule has 0 aliphatic rings. The van der Waals surface area contributed by atoms with E-state index >= 15 is 0 Å². The fourth-order valence-corrected chi connectivity index (χ4v) is 3.96. The van der Waals surface area contributed by atoms with Crippen LogP contribution in [-0.2, 0) is 4.79 Å². The molecule has 0 heterocycles. The standard InChI is InChI=1S/C20H22Br2N2O2/c1-3-4-10-18(15-8-6-5-7-9-15)23-24-19(25)13-26-20-14(2)11-16(21)12-17(20)22/h5-9,11-12H,3-4,10,13H2,1-2H3,(H,24,25). The summed E-state index contributed by atoms with van der Waals surface area (Å²) < 4.78 is 7.40. The Balaban J connectivity index is 2.00. The lowest BCUT2D eigenvalue weighted by atomic mass is 10.1. The van der Waals surface area contributed by atoms with Crippen LogP contribution in [0.15, 0.2) is 56.5 Å². The van der Waals surface area contributed by atoms with Gasteiger partial charge in [0.2, 0.25) is 0 Å². The third-order valence-electron chi connectivity index (χ3n) is 3.73. The molecule has 2 aromatic rings. The van der Waals surface area contributed by atoms with Gasteiger partial charge in [0.25, 0.3) is 5.91 Å². The SMILES string of the molecule is CCCCC(=NNC(=O)COc1c(C)cc(Br)cc1Br)c1ccccc1. The minimum atomic E-state index is -0.288. The first kappa shape index (κ1) is 20.6. The van der Waals surface area contributed by atoms with E-state index in [0.29, 0.717) is 5.75 Å². The molecule has 1 amide bonds. The fourth-order valence-electron chi connectivity index (χ4n) is 2.41. The number of carbonyl (C=O) groups excluding carboxylic acids is 1. The van der Waals surface area contributed by atoms with Gasteiger partial charge < -0.3 is 4.74 Å². The number of nitrogens with one attached hydrogen (secondary N) is 1. The third-order valence-corrected chi connectivity index (χ3v) is 4.78. The molecule has 0 spiro atoms. The first-order valence-electron chi connectivity index (χ1n) is 8.50. The first-order chi connectivity index (χ1) is 12.5. The van der Waals surface area contributed by atoms with Gasteiger partial charge in [0.05, 0.1) is 10.2 Å². The van der Waals surface area contributed by atoms with Gasteiger partial charge in [-0.05, 0) is 59.0 Å². The van der Waals surface area contributed by atoms with Crippen LogP contribution in [0.1, 0.15) is 37.3 Å². The maximum atomic E-state index is 12.1. The molecule has 0 atom stereocenters. The van der Waals surface area contributed by atoms with E-state index in [4.69, 9.17) is 4.74 Å². The van der Waals surface area contributed by atoms with Crippen molar-refractivity contribution >= 4 is 43.5 Å². The van der Waals surface area contributed by atoms with E-state index in [1.54, 1.807) is 0 Å². The number of hydrogen-bond acceptors (Lipinski definition) is 3. The van der Waals surface area contributed by atoms with Gasteiger partial charge in [-0.1, -0.05) is 59.6 Å². The highest BCUT2D eigenvalue weighted by molar-refractivity contribution is 9.11. The fraction of sp³-hybridized carbons (Fsp3) is 0.300. The zero-order valence-electron chi connectivity index (χ0n) is 14.9. The molecular formula is C20H22Br2N2O2. The zero-order valence-corrected chi connectivity index (χ0v) is 18.1. The number of hydrogen-bond donors (Lipinski definition) is 1. The molecule has 0 radical (unpaired) electrons. The molecule has 2 rings (SSSR count). The molecule has 0 fully saturated rings. The van der Waals surface area contributed by atoms with E-state index in [9.17, 15) is 4.79 Å². The number of rotatable bonds is 8. The summed E-state index contributed by atoms with van der Waals surface area (Å²) in [4.78, 5) is 12.1. The summed E-state index contributed by atoms with van der Waals surface area (Å²) in [7, 11) is 0. The number of amides is 1. The van der Waals surface area contributed by atoms with Crippen molar-refractivity contribution in [1.29, 1.82) is 0 Å². The summed E-state index contributed by atoms with van der Waals surface area (Å²) in [6.07, 6.45) is 2.91. The van der Waals surface area contributed by atoms with E-state index < -0.39 is 0 Å². The molecule has 0 saturated carbocycles. The number of carbonyl (C=O) groups is 1. The Morgan fingerprint density at radius 1 is 1.19 bits per heavy atom. The van der Waals surface area contributed by atoms with Crippen LogP contribution >= 0.6 is 31.9 Å². The number of unbranched alkanes of at least 4 members (excludes halogenated alkanes) is 1. The van der Waals surface area contributed by atoms with Crippen molar-refractivity contribution in [3.63, 3.8) is 0 Å². The molecule has 138 valence electrons. The molecule has 6 heteroatoms. The molecule has 4 nitrogen and oxygen atoms in total. The summed E-state index contributed by atoms with van der Waals surface area (Å²) in [5, 5.41) is 4.32. The van der Waals surface area contributed by atoms with Crippen LogP contribution in [0.3, 0.4) is 0 Å². The van der Waals surface area contributed by atoms with Gasteiger partial charge in [0, 0.05) is 4.47 Å². The van der Waals surface area contributed by atoms with Gasteiger partial charge in [-0.25, -0.2) is 5.43 Å². The second-order valence-corrected chi connectivity index (χ2v) is 7.66. The maximum absolute atomic E-state index is 12.1. The van der Waals surface area contributed by atoms with Crippen molar-refractivity contribution < 1.29 is 9.53 Å². The van der Waals surface area contributed by atoms with Gasteiger partial charge >= 0.3 is 0 Å². The van der Waals surface area contributed by atoms with E-state index in [-0.39, 0.29) is 12.5 Å². The van der Waals surface area contributed by atoms with Crippen molar-refractivity contribution in [2.24, 2.45) is 5.10 Å². The smallest absolute Gasteiger partial charge is 0.277 e. The molecule has 0 aromatic heterocycles. The van der Waals surface area contributed by atoms with Crippen LogP contribution in [0.4, 0.5) is 0 Å². The largest absolute Gasteiger partial charge is 0.482 e. The quantitative estimate of drug-likeness (QED) is 0.393. The second-order valence-electron chi connectivity index (χ2n) is 5.89. The topological polar surface area (TPSA) is 50.7 Å². The lowest BCUT2D eigenvalue weighted by molar-refractivity contribution is -0.123. The van der Waals surface area contributed by atoms with Crippen molar-refractivity contribution in [3.05, 3.63) is 62.5 Å². The number of hydrazone groups is 1. The number of ether oxygens (including phenoxy) is 1. The lowest BCUT2D eigenvalue weighted by Gasteiger charge is -2.11. The zero-order chi connectivity index (χ0) is 18.9. The molecule has 0 aliphatic heterocycles. The van der Waals surface area contributed by atoms with Crippen molar-refractivity contribution in [1.82, 2.24) is 5.43 Å². The summed E-state index contributed by atoms with van der Waals surface area (Å²) in [6, 6.07) is 13.7. The van der Waals surface area contributed by atoms with Gasteiger partial charge in [-0.3, -0.25) is 4.79 Å². The van der Waals surface area contributed by atoms with E-state index in [2.05, 4.69) is 49.3 Å². The average Bonchev–Trinajstić information content (AvgIpc) is 2.61. The Morgan fingerprint density at radius 2 is 1.92 bits per heavy atom. The molecule has 0 bridgehead atoms. The molecule has 26 heavy (non-hydrogen) atoms. The Morgan fingerprint density at radius 3 is 2.58 bits per heavy atom. The highest BCUT2D eigenvalue weighted by atomic mass is 79.9. The predicted molar refractivity (Wildman–Crippen MR) is 113 cm³/mol. The molecule has 0 saturated heterocycles. The highest BCUT2D eigenvalue weighted by Crippen LogP contribution is 2.32. The van der Waals surface area contributed by atoms with Crippen molar-refractivity contribution in [2.75, 3.05) is 6.61 Å². The molecular weight excluding hydrogens is 460 g/mol. The van der Waals surface area contributed by atoms with Crippen LogP contribution in [0.2, 0.25) is 0 Å². The van der Waals surface area contributed by atoms with Crippen LogP contribution in [0.5, 0.6) is 5.75 Å². The summed E-state index contributed by atoms with van der Waals surface area (Å²) in [5.41, 5.74) is 5.45. The summed E-state index contributed by atoms with van der Waals surface area (Å²) >= 11 is 6.88. The highest BCUT2D eigenvalue weighted by Gasteiger charge is 2.10. The normalized spacial score (nSPS) is 11.3. The molecule has 0 unspecified atom stereocenters. The van der Waals surface area contributed by atoms with E-state index in [1.807, 2.05) is 49.4 Å².